The van der Waals surface area contributed by atoms with Gasteiger partial charge in [0.25, 0.3) is 0 Å². The van der Waals surface area contributed by atoms with E-state index in [1.165, 1.54) is 16.8 Å². The Morgan fingerprint density at radius 1 is 1.53 bits per heavy atom. The van der Waals surface area contributed by atoms with Crippen molar-refractivity contribution < 1.29 is 0 Å². The highest BCUT2D eigenvalue weighted by atomic mass is 32.2. The van der Waals surface area contributed by atoms with E-state index < -0.39 is 0 Å². The summed E-state index contributed by atoms with van der Waals surface area (Å²) >= 11 is 3.48. The number of hydrogen-bond donors (Lipinski definition) is 2. The summed E-state index contributed by atoms with van der Waals surface area (Å²) in [7, 11) is 0. The minimum atomic E-state index is 0.570. The molecule has 3 rings (SSSR count). The highest BCUT2D eigenvalue weighted by Gasteiger charge is 2.14. The van der Waals surface area contributed by atoms with Crippen molar-refractivity contribution in [2.45, 2.75) is 16.8 Å². The maximum atomic E-state index is 4.55. The second-order valence-corrected chi connectivity index (χ2v) is 6.28. The molecule has 0 spiro atoms. The van der Waals surface area contributed by atoms with E-state index in [0.717, 1.165) is 22.9 Å². The van der Waals surface area contributed by atoms with Crippen LogP contribution in [-0.2, 0) is 0 Å². The fraction of sp³-hybridized carbons (Fsp3) is 0.417. The van der Waals surface area contributed by atoms with Gasteiger partial charge in [0.15, 0.2) is 4.34 Å². The van der Waals surface area contributed by atoms with Crippen LogP contribution >= 0.6 is 23.1 Å². The zero-order valence-electron chi connectivity index (χ0n) is 9.69. The van der Waals surface area contributed by atoms with Crippen LogP contribution in [0.2, 0.25) is 0 Å². The molecule has 2 heterocycles. The average Bonchev–Trinajstić information content (AvgIpc) is 2.96. The number of anilines is 1. The first-order valence-corrected chi connectivity index (χ1v) is 7.81. The number of benzene rings is 1. The van der Waals surface area contributed by atoms with Crippen LogP contribution in [0.4, 0.5) is 5.69 Å². The molecule has 0 aliphatic carbocycles. The first-order valence-electron chi connectivity index (χ1n) is 5.77. The lowest BCUT2D eigenvalue weighted by Gasteiger charge is -2.12. The summed E-state index contributed by atoms with van der Waals surface area (Å²) in [5, 5.41) is 6.94. The van der Waals surface area contributed by atoms with Gasteiger partial charge in [-0.2, -0.15) is 0 Å². The van der Waals surface area contributed by atoms with E-state index in [9.17, 15) is 0 Å². The number of hydrogen-bond acceptors (Lipinski definition) is 5. The first kappa shape index (κ1) is 11.3. The van der Waals surface area contributed by atoms with Gasteiger partial charge in [0, 0.05) is 18.3 Å². The van der Waals surface area contributed by atoms with E-state index >= 15 is 0 Å². The maximum Gasteiger partial charge on any atom is 0.150 e. The molecule has 1 aliphatic heterocycles. The van der Waals surface area contributed by atoms with E-state index in [1.54, 1.807) is 23.1 Å². The van der Waals surface area contributed by atoms with Crippen molar-refractivity contribution in [1.29, 1.82) is 0 Å². The molecule has 3 nitrogen and oxygen atoms in total. The van der Waals surface area contributed by atoms with Crippen molar-refractivity contribution in [2.75, 3.05) is 24.7 Å². The van der Waals surface area contributed by atoms with Crippen LogP contribution in [0.3, 0.4) is 0 Å². The molecule has 1 unspecified atom stereocenters. The molecule has 2 aromatic rings. The molecule has 1 aliphatic rings. The third-order valence-electron chi connectivity index (χ3n) is 2.97. The van der Waals surface area contributed by atoms with Crippen molar-refractivity contribution in [3.05, 3.63) is 18.2 Å². The lowest BCUT2D eigenvalue weighted by atomic mass is 10.2. The molecule has 90 valence electrons. The fourth-order valence-corrected chi connectivity index (χ4v) is 3.62. The van der Waals surface area contributed by atoms with Gasteiger partial charge in [-0.3, -0.25) is 0 Å². The van der Waals surface area contributed by atoms with Crippen molar-refractivity contribution in [2.24, 2.45) is 0 Å². The van der Waals surface area contributed by atoms with Gasteiger partial charge >= 0.3 is 0 Å². The number of nitrogens with zero attached hydrogens (tertiary/aromatic N) is 1. The van der Waals surface area contributed by atoms with E-state index in [1.807, 2.05) is 0 Å². The van der Waals surface area contributed by atoms with Crippen molar-refractivity contribution in [3.8, 4) is 0 Å². The molecule has 2 N–H and O–H groups in total. The summed E-state index contributed by atoms with van der Waals surface area (Å²) in [6.07, 6.45) is 3.28. The Kier molecular flexibility index (Phi) is 3.22. The number of nitrogens with one attached hydrogen (secondary N) is 2. The number of thioether (sulfide) groups is 1. The molecule has 5 heteroatoms. The number of fused-ring (bicyclic) bond motifs is 1. The third-order valence-corrected chi connectivity index (χ3v) is 4.98. The minimum absolute atomic E-state index is 0.570. The van der Waals surface area contributed by atoms with E-state index in [0.29, 0.717) is 6.04 Å². The molecular formula is C12H15N3S2. The normalized spacial score (nSPS) is 19.9. The summed E-state index contributed by atoms with van der Waals surface area (Å²) in [5.74, 6) is 0. The molecule has 1 fully saturated rings. The number of rotatable bonds is 3. The van der Waals surface area contributed by atoms with Gasteiger partial charge < -0.3 is 10.6 Å². The summed E-state index contributed by atoms with van der Waals surface area (Å²) in [4.78, 5) is 4.55. The Morgan fingerprint density at radius 3 is 3.24 bits per heavy atom. The van der Waals surface area contributed by atoms with Crippen LogP contribution in [0.25, 0.3) is 10.2 Å². The average molecular weight is 265 g/mol. The third kappa shape index (κ3) is 2.41. The Hall–Kier alpha value is -0.780. The molecule has 0 bridgehead atoms. The van der Waals surface area contributed by atoms with Gasteiger partial charge in [-0.25, -0.2) is 4.98 Å². The predicted molar refractivity (Wildman–Crippen MR) is 76.3 cm³/mol. The van der Waals surface area contributed by atoms with Gasteiger partial charge in [0.1, 0.15) is 0 Å². The zero-order chi connectivity index (χ0) is 11.7. The Morgan fingerprint density at radius 2 is 2.47 bits per heavy atom. The largest absolute Gasteiger partial charge is 0.381 e. The monoisotopic (exact) mass is 265 g/mol. The van der Waals surface area contributed by atoms with Crippen LogP contribution in [0.5, 0.6) is 0 Å². The quantitative estimate of drug-likeness (QED) is 0.837. The second-order valence-electron chi connectivity index (χ2n) is 4.20. The van der Waals surface area contributed by atoms with Crippen LogP contribution in [0.1, 0.15) is 6.42 Å². The van der Waals surface area contributed by atoms with Gasteiger partial charge in [-0.1, -0.05) is 11.8 Å². The van der Waals surface area contributed by atoms with E-state index in [-0.39, 0.29) is 0 Å². The number of thiazole rings is 1. The molecule has 0 saturated carbocycles. The molecular weight excluding hydrogens is 250 g/mol. The van der Waals surface area contributed by atoms with Crippen LogP contribution in [-0.4, -0.2) is 30.4 Å². The van der Waals surface area contributed by atoms with Gasteiger partial charge in [0.05, 0.1) is 10.2 Å². The second kappa shape index (κ2) is 4.84. The summed E-state index contributed by atoms with van der Waals surface area (Å²) in [5.41, 5.74) is 2.32. The maximum absolute atomic E-state index is 4.55. The standard InChI is InChI=1S/C12H15N3S2/c1-16-12-15-10-3-2-8(6-11(10)17-12)14-9-4-5-13-7-9/h2-3,6,9,13-14H,4-5,7H2,1H3. The zero-order valence-corrected chi connectivity index (χ0v) is 11.3. The minimum Gasteiger partial charge on any atom is -0.381 e. The van der Waals surface area contributed by atoms with Crippen LogP contribution in [0, 0.1) is 0 Å². The smallest absolute Gasteiger partial charge is 0.150 e. The molecule has 1 saturated heterocycles. The molecule has 1 atom stereocenters. The van der Waals surface area contributed by atoms with Gasteiger partial charge in [-0.15, -0.1) is 11.3 Å². The van der Waals surface area contributed by atoms with E-state index in [2.05, 4.69) is 40.1 Å². The Labute approximate surface area is 109 Å². The molecule has 0 amide bonds. The topological polar surface area (TPSA) is 37.0 Å². The van der Waals surface area contributed by atoms with Gasteiger partial charge in [-0.05, 0) is 37.4 Å². The highest BCUT2D eigenvalue weighted by molar-refractivity contribution is 8.00. The summed E-state index contributed by atoms with van der Waals surface area (Å²) in [6, 6.07) is 7.02. The predicted octanol–water partition coefficient (Wildman–Crippen LogP) is 2.79. The fourth-order valence-electron chi connectivity index (χ4n) is 2.09. The Balaban J connectivity index is 1.84. The Bertz CT molecular complexity index is 517. The lowest BCUT2D eigenvalue weighted by Crippen LogP contribution is -2.21. The molecule has 1 aromatic carbocycles. The number of aromatic nitrogens is 1. The molecule has 0 radical (unpaired) electrons. The van der Waals surface area contributed by atoms with Gasteiger partial charge in [0.2, 0.25) is 0 Å². The summed E-state index contributed by atoms with van der Waals surface area (Å²) < 4.78 is 2.41. The van der Waals surface area contributed by atoms with Crippen LogP contribution in [0.15, 0.2) is 22.5 Å². The highest BCUT2D eigenvalue weighted by Crippen LogP contribution is 2.30. The van der Waals surface area contributed by atoms with Crippen LogP contribution < -0.4 is 10.6 Å². The van der Waals surface area contributed by atoms with Crippen molar-refractivity contribution in [3.63, 3.8) is 0 Å². The summed E-state index contributed by atoms with van der Waals surface area (Å²) in [6.45, 7) is 2.19. The molecule has 1 aromatic heterocycles. The SMILES string of the molecule is CSc1nc2ccc(NC3CCNC3)cc2s1. The van der Waals surface area contributed by atoms with Crippen molar-refractivity contribution in [1.82, 2.24) is 10.3 Å². The molecule has 17 heavy (non-hydrogen) atoms. The van der Waals surface area contributed by atoms with Crippen molar-refractivity contribution >= 4 is 39.0 Å². The lowest BCUT2D eigenvalue weighted by molar-refractivity contribution is 0.794. The first-order chi connectivity index (χ1) is 8.35. The van der Waals surface area contributed by atoms with E-state index in [4.69, 9.17) is 0 Å².